The van der Waals surface area contributed by atoms with Gasteiger partial charge in [0.1, 0.15) is 5.41 Å². The van der Waals surface area contributed by atoms with E-state index in [-0.39, 0.29) is 18.0 Å². The molecule has 0 radical (unpaired) electrons. The zero-order chi connectivity index (χ0) is 16.9. The Kier molecular flexibility index (Phi) is 3.35. The molecule has 0 unspecified atom stereocenters. The predicted octanol–water partition coefficient (Wildman–Crippen LogP) is 1.86. The zero-order valence-electron chi connectivity index (χ0n) is 14.0. The Labute approximate surface area is 141 Å². The first-order valence-electron chi connectivity index (χ1n) is 8.43. The minimum atomic E-state index is -0.794. The number of hydrogen-bond donors (Lipinski definition) is 1. The standard InChI is InChI=1S/C18H22N2O4/c1-3-24-15(21)18-11-17(23-2)9-10-20(14(17)18)16(22)19-13(18)12-7-5-4-6-8-12/h4-8,13-14H,3,9-11H2,1-2H3,(H,19,22)/t13-,14+,17-,18-/m1/s1. The van der Waals surface area contributed by atoms with E-state index in [1.807, 2.05) is 37.3 Å². The smallest absolute Gasteiger partial charge is 0.318 e. The van der Waals surface area contributed by atoms with E-state index in [0.717, 1.165) is 12.0 Å². The molecule has 2 amide bonds. The molecule has 3 fully saturated rings. The fourth-order valence-corrected chi connectivity index (χ4v) is 4.95. The number of esters is 1. The summed E-state index contributed by atoms with van der Waals surface area (Å²) < 4.78 is 11.2. The normalized spacial score (nSPS) is 36.6. The van der Waals surface area contributed by atoms with Crippen LogP contribution in [0.5, 0.6) is 0 Å². The number of benzene rings is 1. The molecule has 2 heterocycles. The number of nitrogens with zero attached hydrogens (tertiary/aromatic N) is 1. The van der Waals surface area contributed by atoms with Crippen molar-refractivity contribution in [3.8, 4) is 0 Å². The Morgan fingerprint density at radius 2 is 2.12 bits per heavy atom. The Bertz CT molecular complexity index is 679. The summed E-state index contributed by atoms with van der Waals surface area (Å²) in [6.07, 6.45) is 1.32. The molecule has 2 saturated heterocycles. The zero-order valence-corrected chi connectivity index (χ0v) is 14.0. The SMILES string of the molecule is CCOC(=O)[C@]12C[C@]3(OC)CCN(C(=O)N[C@@H]1c1ccccc1)[C@@H]32. The molecule has 1 aromatic rings. The molecule has 6 nitrogen and oxygen atoms in total. The van der Waals surface area contributed by atoms with Gasteiger partial charge in [0, 0.05) is 13.7 Å². The maximum atomic E-state index is 13.0. The molecular weight excluding hydrogens is 308 g/mol. The molecule has 0 spiro atoms. The molecule has 2 aliphatic heterocycles. The third kappa shape index (κ3) is 1.75. The van der Waals surface area contributed by atoms with Gasteiger partial charge >= 0.3 is 12.0 Å². The van der Waals surface area contributed by atoms with Gasteiger partial charge in [-0.3, -0.25) is 4.79 Å². The average Bonchev–Trinajstić information content (AvgIpc) is 2.92. The van der Waals surface area contributed by atoms with Crippen LogP contribution in [0, 0.1) is 5.41 Å². The van der Waals surface area contributed by atoms with Crippen LogP contribution in [0.4, 0.5) is 4.79 Å². The van der Waals surface area contributed by atoms with Crippen molar-refractivity contribution >= 4 is 12.0 Å². The van der Waals surface area contributed by atoms with Gasteiger partial charge in [-0.25, -0.2) is 4.79 Å². The Hall–Kier alpha value is -2.08. The van der Waals surface area contributed by atoms with Crippen molar-refractivity contribution in [2.45, 2.75) is 37.5 Å². The maximum Gasteiger partial charge on any atom is 0.318 e. The van der Waals surface area contributed by atoms with Crippen molar-refractivity contribution in [2.24, 2.45) is 5.41 Å². The fourth-order valence-electron chi connectivity index (χ4n) is 4.95. The van der Waals surface area contributed by atoms with Crippen LogP contribution in [0.1, 0.15) is 31.4 Å². The lowest BCUT2D eigenvalue weighted by atomic mass is 9.50. The first kappa shape index (κ1) is 15.4. The molecule has 4 rings (SSSR count). The number of carbonyl (C=O) groups is 2. The van der Waals surface area contributed by atoms with E-state index in [1.165, 1.54) is 0 Å². The van der Waals surface area contributed by atoms with Crippen LogP contribution in [0.3, 0.4) is 0 Å². The van der Waals surface area contributed by atoms with Gasteiger partial charge in [-0.2, -0.15) is 0 Å². The summed E-state index contributed by atoms with van der Waals surface area (Å²) >= 11 is 0. The number of urea groups is 1. The number of carbonyl (C=O) groups excluding carboxylic acids is 2. The molecule has 3 aliphatic rings. The van der Waals surface area contributed by atoms with Crippen LogP contribution >= 0.6 is 0 Å². The van der Waals surface area contributed by atoms with Crippen LogP contribution < -0.4 is 5.32 Å². The Morgan fingerprint density at radius 3 is 2.79 bits per heavy atom. The van der Waals surface area contributed by atoms with Crippen molar-refractivity contribution in [1.29, 1.82) is 0 Å². The highest BCUT2D eigenvalue weighted by molar-refractivity contribution is 5.88. The number of rotatable bonds is 4. The Morgan fingerprint density at radius 1 is 1.38 bits per heavy atom. The third-order valence-electron chi connectivity index (χ3n) is 5.90. The summed E-state index contributed by atoms with van der Waals surface area (Å²) in [4.78, 5) is 27.4. The topological polar surface area (TPSA) is 67.9 Å². The third-order valence-corrected chi connectivity index (χ3v) is 5.90. The summed E-state index contributed by atoms with van der Waals surface area (Å²) in [7, 11) is 1.67. The van der Waals surface area contributed by atoms with E-state index in [2.05, 4.69) is 5.32 Å². The predicted molar refractivity (Wildman–Crippen MR) is 86.2 cm³/mol. The molecule has 1 aromatic carbocycles. The van der Waals surface area contributed by atoms with E-state index in [1.54, 1.807) is 12.0 Å². The minimum absolute atomic E-state index is 0.132. The second kappa shape index (κ2) is 5.21. The Balaban J connectivity index is 1.82. The molecule has 128 valence electrons. The van der Waals surface area contributed by atoms with Gasteiger partial charge in [0.2, 0.25) is 0 Å². The van der Waals surface area contributed by atoms with E-state index in [4.69, 9.17) is 9.47 Å². The second-order valence-electron chi connectivity index (χ2n) is 6.85. The van der Waals surface area contributed by atoms with Crippen LogP contribution in [0.25, 0.3) is 0 Å². The second-order valence-corrected chi connectivity index (χ2v) is 6.85. The summed E-state index contributed by atoms with van der Waals surface area (Å²) in [5.74, 6) is -0.247. The monoisotopic (exact) mass is 330 g/mol. The summed E-state index contributed by atoms with van der Waals surface area (Å²) in [6, 6.07) is 8.86. The summed E-state index contributed by atoms with van der Waals surface area (Å²) in [5.41, 5.74) is -0.301. The number of nitrogens with one attached hydrogen (secondary N) is 1. The van der Waals surface area contributed by atoms with Crippen molar-refractivity contribution in [2.75, 3.05) is 20.3 Å². The summed E-state index contributed by atoms with van der Waals surface area (Å²) in [5, 5.41) is 3.04. The van der Waals surface area contributed by atoms with Crippen LogP contribution in [-0.2, 0) is 14.3 Å². The van der Waals surface area contributed by atoms with Gasteiger partial charge in [0.15, 0.2) is 0 Å². The number of methoxy groups -OCH3 is 1. The lowest BCUT2D eigenvalue weighted by Gasteiger charge is -2.63. The van der Waals surface area contributed by atoms with E-state index in [0.29, 0.717) is 19.6 Å². The van der Waals surface area contributed by atoms with Gasteiger partial charge < -0.3 is 19.7 Å². The van der Waals surface area contributed by atoms with E-state index >= 15 is 0 Å². The van der Waals surface area contributed by atoms with Gasteiger partial charge in [-0.1, -0.05) is 30.3 Å². The maximum absolute atomic E-state index is 13.0. The molecule has 0 aromatic heterocycles. The van der Waals surface area contributed by atoms with E-state index in [9.17, 15) is 9.59 Å². The lowest BCUT2D eigenvalue weighted by molar-refractivity contribution is -0.221. The molecule has 4 atom stereocenters. The number of ether oxygens (including phenoxy) is 2. The molecule has 1 aliphatic carbocycles. The van der Waals surface area contributed by atoms with Crippen molar-refractivity contribution in [3.63, 3.8) is 0 Å². The van der Waals surface area contributed by atoms with Gasteiger partial charge in [0.05, 0.1) is 24.3 Å². The van der Waals surface area contributed by atoms with Gasteiger partial charge in [-0.15, -0.1) is 0 Å². The van der Waals surface area contributed by atoms with E-state index < -0.39 is 17.1 Å². The quantitative estimate of drug-likeness (QED) is 0.856. The first-order chi connectivity index (χ1) is 11.6. The lowest BCUT2D eigenvalue weighted by Crippen LogP contribution is -2.78. The van der Waals surface area contributed by atoms with Crippen molar-refractivity contribution in [1.82, 2.24) is 10.2 Å². The largest absolute Gasteiger partial charge is 0.465 e. The average molecular weight is 330 g/mol. The van der Waals surface area contributed by atoms with Crippen LogP contribution in [0.15, 0.2) is 30.3 Å². The molecular formula is C18H22N2O4. The van der Waals surface area contributed by atoms with Crippen molar-refractivity contribution in [3.05, 3.63) is 35.9 Å². The molecule has 1 N–H and O–H groups in total. The highest BCUT2D eigenvalue weighted by Gasteiger charge is 2.78. The molecule has 24 heavy (non-hydrogen) atoms. The van der Waals surface area contributed by atoms with Gasteiger partial charge in [-0.05, 0) is 25.3 Å². The summed E-state index contributed by atoms with van der Waals surface area (Å²) in [6.45, 7) is 2.73. The van der Waals surface area contributed by atoms with Crippen LogP contribution in [-0.4, -0.2) is 48.8 Å². The number of hydrogen-bond acceptors (Lipinski definition) is 4. The first-order valence-corrected chi connectivity index (χ1v) is 8.43. The van der Waals surface area contributed by atoms with Gasteiger partial charge in [0.25, 0.3) is 0 Å². The fraction of sp³-hybridized carbons (Fsp3) is 0.556. The highest BCUT2D eigenvalue weighted by atomic mass is 16.5. The molecule has 0 bridgehead atoms. The van der Waals surface area contributed by atoms with Crippen molar-refractivity contribution < 1.29 is 19.1 Å². The number of amides is 2. The highest BCUT2D eigenvalue weighted by Crippen LogP contribution is 2.65. The molecule has 6 heteroatoms. The van der Waals surface area contributed by atoms with Crippen LogP contribution in [0.2, 0.25) is 0 Å². The molecule has 1 saturated carbocycles. The minimum Gasteiger partial charge on any atom is -0.465 e.